The maximum atomic E-state index is 6.21. The smallest absolute Gasteiger partial charge is 0.202 e. The largest absolute Gasteiger partial charge is 0.381 e. The summed E-state index contributed by atoms with van der Waals surface area (Å²) >= 11 is 6.21. The molecule has 0 unspecified atom stereocenters. The van der Waals surface area contributed by atoms with Crippen LogP contribution in [0.25, 0.3) is 22.4 Å². The molecule has 0 aromatic carbocycles. The van der Waals surface area contributed by atoms with Crippen LogP contribution in [-0.4, -0.2) is 51.5 Å². The van der Waals surface area contributed by atoms with E-state index in [0.29, 0.717) is 27.6 Å². The lowest BCUT2D eigenvalue weighted by Gasteiger charge is -2.41. The summed E-state index contributed by atoms with van der Waals surface area (Å²) < 4.78 is 5.73. The van der Waals surface area contributed by atoms with E-state index in [9.17, 15) is 0 Å². The number of H-pyrrole nitrogens is 1. The minimum absolute atomic E-state index is 0.338. The first-order valence-electron chi connectivity index (χ1n) is 9.31. The molecule has 5 heterocycles. The van der Waals surface area contributed by atoms with E-state index in [0.717, 1.165) is 56.2 Å². The third-order valence-electron chi connectivity index (χ3n) is 6.17. The van der Waals surface area contributed by atoms with Gasteiger partial charge >= 0.3 is 0 Å². The molecule has 27 heavy (non-hydrogen) atoms. The van der Waals surface area contributed by atoms with Crippen LogP contribution in [0.1, 0.15) is 19.8 Å². The highest BCUT2D eigenvalue weighted by Gasteiger charge is 2.43. The highest BCUT2D eigenvalue weighted by molar-refractivity contribution is 6.32. The molecule has 1 spiro atoms. The Labute approximate surface area is 162 Å². The number of ether oxygens (including phenoxy) is 1. The zero-order valence-electron chi connectivity index (χ0n) is 15.2. The Balaban J connectivity index is 1.41. The lowest BCUT2D eigenvalue weighted by molar-refractivity contribution is 0.127. The van der Waals surface area contributed by atoms with E-state index in [1.165, 1.54) is 0 Å². The van der Waals surface area contributed by atoms with Crippen molar-refractivity contribution in [3.8, 4) is 11.3 Å². The third kappa shape index (κ3) is 2.76. The second-order valence-electron chi connectivity index (χ2n) is 7.61. The molecule has 2 fully saturated rings. The maximum Gasteiger partial charge on any atom is 0.202 e. The predicted octanol–water partition coefficient (Wildman–Crippen LogP) is 3.32. The standard InChI is InChI=1S/C19H21ClN6O/c1-12-10-27-11-19(12)4-7-26(8-5-19)14-9-22-16-15(24-25-18(16)23-14)13-3-2-6-21-17(13)20/h2-3,6,9,12H,4-5,7-8,10-11H2,1H3,(H,23,24,25)/t12-/m1/s1. The molecule has 5 rings (SSSR count). The van der Waals surface area contributed by atoms with Gasteiger partial charge in [-0.2, -0.15) is 5.10 Å². The van der Waals surface area contributed by atoms with Gasteiger partial charge in [-0.3, -0.25) is 5.10 Å². The number of nitrogens with zero attached hydrogens (tertiary/aromatic N) is 5. The number of anilines is 1. The summed E-state index contributed by atoms with van der Waals surface area (Å²) in [6.07, 6.45) is 5.75. The van der Waals surface area contributed by atoms with E-state index in [1.807, 2.05) is 18.3 Å². The van der Waals surface area contributed by atoms with Crippen molar-refractivity contribution in [1.29, 1.82) is 0 Å². The van der Waals surface area contributed by atoms with Gasteiger partial charge in [0.25, 0.3) is 0 Å². The van der Waals surface area contributed by atoms with Gasteiger partial charge in [-0.25, -0.2) is 15.0 Å². The van der Waals surface area contributed by atoms with Gasteiger partial charge in [0.2, 0.25) is 5.65 Å². The molecule has 0 saturated carbocycles. The van der Waals surface area contributed by atoms with E-state index in [1.54, 1.807) is 6.20 Å². The molecule has 1 N–H and O–H groups in total. The molecular weight excluding hydrogens is 364 g/mol. The summed E-state index contributed by atoms with van der Waals surface area (Å²) in [4.78, 5) is 15.8. The average molecular weight is 385 g/mol. The molecule has 2 aliphatic heterocycles. The van der Waals surface area contributed by atoms with Crippen LogP contribution in [0, 0.1) is 11.3 Å². The predicted molar refractivity (Wildman–Crippen MR) is 104 cm³/mol. The van der Waals surface area contributed by atoms with Crippen LogP contribution < -0.4 is 4.90 Å². The first kappa shape index (κ1) is 16.9. The summed E-state index contributed by atoms with van der Waals surface area (Å²) in [5.41, 5.74) is 3.17. The minimum atomic E-state index is 0.338. The molecule has 3 aromatic rings. The number of hydrogen-bond acceptors (Lipinski definition) is 6. The lowest BCUT2D eigenvalue weighted by atomic mass is 9.72. The van der Waals surface area contributed by atoms with Crippen molar-refractivity contribution in [2.75, 3.05) is 31.2 Å². The zero-order chi connectivity index (χ0) is 18.4. The Bertz CT molecular complexity index is 981. The van der Waals surface area contributed by atoms with Gasteiger partial charge in [0.1, 0.15) is 16.5 Å². The minimum Gasteiger partial charge on any atom is -0.381 e. The number of halogens is 1. The molecule has 2 saturated heterocycles. The Morgan fingerprint density at radius 2 is 2.15 bits per heavy atom. The monoisotopic (exact) mass is 384 g/mol. The van der Waals surface area contributed by atoms with Gasteiger partial charge in [-0.05, 0) is 30.9 Å². The van der Waals surface area contributed by atoms with E-state index in [2.05, 4.69) is 32.0 Å². The number of fused-ring (bicyclic) bond motifs is 1. The Kier molecular flexibility index (Phi) is 4.02. The van der Waals surface area contributed by atoms with Gasteiger partial charge < -0.3 is 9.64 Å². The molecule has 0 amide bonds. The van der Waals surface area contributed by atoms with Crippen LogP contribution in [0.2, 0.25) is 5.15 Å². The lowest BCUT2D eigenvalue weighted by Crippen LogP contribution is -2.43. The van der Waals surface area contributed by atoms with Crippen molar-refractivity contribution in [3.05, 3.63) is 29.7 Å². The molecule has 140 valence electrons. The fraction of sp³-hybridized carbons (Fsp3) is 0.474. The maximum absolute atomic E-state index is 6.21. The third-order valence-corrected chi connectivity index (χ3v) is 6.47. The Morgan fingerprint density at radius 3 is 2.89 bits per heavy atom. The van der Waals surface area contributed by atoms with Crippen molar-refractivity contribution in [3.63, 3.8) is 0 Å². The fourth-order valence-electron chi connectivity index (χ4n) is 4.28. The summed E-state index contributed by atoms with van der Waals surface area (Å²) in [5, 5.41) is 7.77. The number of aromatic nitrogens is 5. The number of hydrogen-bond donors (Lipinski definition) is 1. The Morgan fingerprint density at radius 1 is 1.30 bits per heavy atom. The second kappa shape index (κ2) is 6.42. The topological polar surface area (TPSA) is 79.8 Å². The first-order valence-corrected chi connectivity index (χ1v) is 9.69. The van der Waals surface area contributed by atoms with E-state index in [4.69, 9.17) is 21.3 Å². The number of nitrogens with one attached hydrogen (secondary N) is 1. The van der Waals surface area contributed by atoms with Gasteiger partial charge in [0, 0.05) is 36.9 Å². The quantitative estimate of drug-likeness (QED) is 0.683. The summed E-state index contributed by atoms with van der Waals surface area (Å²) in [7, 11) is 0. The van der Waals surface area contributed by atoms with E-state index >= 15 is 0 Å². The van der Waals surface area contributed by atoms with Gasteiger partial charge in [-0.15, -0.1) is 0 Å². The number of piperidine rings is 1. The van der Waals surface area contributed by atoms with Crippen molar-refractivity contribution in [2.45, 2.75) is 19.8 Å². The van der Waals surface area contributed by atoms with E-state index < -0.39 is 0 Å². The molecule has 1 atom stereocenters. The molecule has 3 aromatic heterocycles. The van der Waals surface area contributed by atoms with Crippen molar-refractivity contribution < 1.29 is 4.74 Å². The van der Waals surface area contributed by atoms with Crippen molar-refractivity contribution in [1.82, 2.24) is 25.1 Å². The van der Waals surface area contributed by atoms with Crippen LogP contribution in [0.4, 0.5) is 5.82 Å². The SMILES string of the molecule is C[C@@H]1COCC12CCN(c1cnc3c(-c4cccnc4Cl)[nH]nc3n1)CC2. The van der Waals surface area contributed by atoms with Gasteiger partial charge in [-0.1, -0.05) is 18.5 Å². The zero-order valence-corrected chi connectivity index (χ0v) is 15.9. The molecule has 0 aliphatic carbocycles. The van der Waals surface area contributed by atoms with Crippen molar-refractivity contribution >= 4 is 28.6 Å². The molecule has 2 aliphatic rings. The highest BCUT2D eigenvalue weighted by Crippen LogP contribution is 2.43. The normalized spacial score (nSPS) is 22.0. The molecule has 8 heteroatoms. The second-order valence-corrected chi connectivity index (χ2v) is 7.96. The van der Waals surface area contributed by atoms with Gasteiger partial charge in [0.15, 0.2) is 0 Å². The first-order chi connectivity index (χ1) is 13.2. The average Bonchev–Trinajstić information content (AvgIpc) is 3.26. The summed E-state index contributed by atoms with van der Waals surface area (Å²) in [5.74, 6) is 1.51. The van der Waals surface area contributed by atoms with Crippen LogP contribution in [0.15, 0.2) is 24.5 Å². The fourth-order valence-corrected chi connectivity index (χ4v) is 4.49. The van der Waals surface area contributed by atoms with E-state index in [-0.39, 0.29) is 0 Å². The molecule has 0 radical (unpaired) electrons. The highest BCUT2D eigenvalue weighted by atomic mass is 35.5. The number of rotatable bonds is 2. The van der Waals surface area contributed by atoms with Gasteiger partial charge in [0.05, 0.1) is 18.5 Å². The van der Waals surface area contributed by atoms with Crippen LogP contribution in [0.3, 0.4) is 0 Å². The van der Waals surface area contributed by atoms with Crippen LogP contribution in [0.5, 0.6) is 0 Å². The summed E-state index contributed by atoms with van der Waals surface area (Å²) in [6, 6.07) is 3.74. The summed E-state index contributed by atoms with van der Waals surface area (Å²) in [6.45, 7) is 6.03. The number of pyridine rings is 1. The molecule has 0 bridgehead atoms. The molecule has 7 nitrogen and oxygen atoms in total. The molecular formula is C19H21ClN6O. The van der Waals surface area contributed by atoms with Crippen molar-refractivity contribution in [2.24, 2.45) is 11.3 Å². The number of aromatic amines is 1. The van der Waals surface area contributed by atoms with Crippen LogP contribution in [-0.2, 0) is 4.74 Å². The Hall–Kier alpha value is -2.25. The van der Waals surface area contributed by atoms with Crippen LogP contribution >= 0.6 is 11.6 Å².